The van der Waals surface area contributed by atoms with Gasteiger partial charge in [-0.15, -0.1) is 0 Å². The normalized spacial score (nSPS) is 22.9. The molecule has 0 bridgehead atoms. The number of halogens is 1. The highest BCUT2D eigenvalue weighted by Gasteiger charge is 2.34. The molecule has 0 heterocycles. The molecule has 7 heteroatoms. The number of rotatable bonds is 5. The van der Waals surface area contributed by atoms with Gasteiger partial charge in [-0.2, -0.15) is 0 Å². The van der Waals surface area contributed by atoms with Crippen LogP contribution < -0.4 is 10.5 Å². The van der Waals surface area contributed by atoms with Gasteiger partial charge in [0.15, 0.2) is 0 Å². The predicted molar refractivity (Wildman–Crippen MR) is 72.5 cm³/mol. The van der Waals surface area contributed by atoms with Crippen LogP contribution in [-0.2, 0) is 20.6 Å². The smallest absolute Gasteiger partial charge is 0.222 e. The Hall–Kier alpha value is -1.47. The number of hydrogen-bond donors (Lipinski definition) is 2. The fourth-order valence-corrected chi connectivity index (χ4v) is 4.00. The molecular formula is C13H17FN2O3S. The van der Waals surface area contributed by atoms with E-state index in [2.05, 4.69) is 4.72 Å². The number of carbonyl (C=O) groups excluding carboxylic acids is 1. The molecule has 1 aromatic carbocycles. The summed E-state index contributed by atoms with van der Waals surface area (Å²) >= 11 is 0. The first-order valence-corrected chi connectivity index (χ1v) is 8.07. The summed E-state index contributed by atoms with van der Waals surface area (Å²) in [6.07, 6.45) is 1.91. The second-order valence-corrected chi connectivity index (χ2v) is 6.77. The minimum Gasteiger partial charge on any atom is -0.369 e. The van der Waals surface area contributed by atoms with Gasteiger partial charge < -0.3 is 5.73 Å². The molecular weight excluding hydrogens is 283 g/mol. The zero-order valence-electron chi connectivity index (χ0n) is 10.9. The van der Waals surface area contributed by atoms with Gasteiger partial charge in [-0.3, -0.25) is 4.79 Å². The molecule has 2 rings (SSSR count). The third-order valence-electron chi connectivity index (χ3n) is 3.52. The zero-order chi connectivity index (χ0) is 14.8. The Kier molecular flexibility index (Phi) is 4.39. The van der Waals surface area contributed by atoms with Crippen LogP contribution in [0.15, 0.2) is 24.3 Å². The minimum atomic E-state index is -3.70. The fourth-order valence-electron chi connectivity index (χ4n) is 2.53. The summed E-state index contributed by atoms with van der Waals surface area (Å²) in [4.78, 5) is 11.2. The summed E-state index contributed by atoms with van der Waals surface area (Å²) in [7, 11) is -3.70. The van der Waals surface area contributed by atoms with Gasteiger partial charge in [-0.1, -0.05) is 24.6 Å². The lowest BCUT2D eigenvalue weighted by Gasteiger charge is -2.18. The third kappa shape index (κ3) is 3.55. The van der Waals surface area contributed by atoms with Crippen molar-refractivity contribution in [3.05, 3.63) is 35.6 Å². The van der Waals surface area contributed by atoms with Gasteiger partial charge in [0.25, 0.3) is 0 Å². The third-order valence-corrected chi connectivity index (χ3v) is 4.87. The number of carbonyl (C=O) groups is 1. The Labute approximate surface area is 117 Å². The highest BCUT2D eigenvalue weighted by molar-refractivity contribution is 7.88. The molecule has 5 nitrogen and oxygen atoms in total. The summed E-state index contributed by atoms with van der Waals surface area (Å²) in [5.74, 6) is -1.98. The molecule has 1 aromatic rings. The van der Waals surface area contributed by atoms with E-state index in [1.165, 1.54) is 18.2 Å². The molecule has 0 aromatic heterocycles. The van der Waals surface area contributed by atoms with E-state index in [1.54, 1.807) is 6.07 Å². The number of amides is 1. The van der Waals surface area contributed by atoms with Crippen LogP contribution in [0.25, 0.3) is 0 Å². The quantitative estimate of drug-likeness (QED) is 0.846. The second-order valence-electron chi connectivity index (χ2n) is 5.01. The molecule has 3 N–H and O–H groups in total. The van der Waals surface area contributed by atoms with E-state index >= 15 is 0 Å². The van der Waals surface area contributed by atoms with Crippen LogP contribution in [0, 0.1) is 11.7 Å². The molecule has 1 fully saturated rings. The molecule has 0 radical (unpaired) electrons. The number of nitrogens with two attached hydrogens (primary N) is 1. The molecule has 20 heavy (non-hydrogen) atoms. The van der Waals surface area contributed by atoms with E-state index in [4.69, 9.17) is 5.73 Å². The van der Waals surface area contributed by atoms with Gasteiger partial charge in [0.05, 0.1) is 11.7 Å². The first-order chi connectivity index (χ1) is 9.39. The van der Waals surface area contributed by atoms with E-state index in [1.807, 2.05) is 0 Å². The molecule has 0 saturated heterocycles. The van der Waals surface area contributed by atoms with Crippen LogP contribution in [0.1, 0.15) is 24.8 Å². The van der Waals surface area contributed by atoms with Gasteiger partial charge in [-0.25, -0.2) is 17.5 Å². The summed E-state index contributed by atoms with van der Waals surface area (Å²) < 4.78 is 40.0. The molecule has 1 aliphatic rings. The number of primary amides is 1. The van der Waals surface area contributed by atoms with Crippen molar-refractivity contribution in [2.75, 3.05) is 0 Å². The first-order valence-electron chi connectivity index (χ1n) is 6.42. The molecule has 0 spiro atoms. The SMILES string of the molecule is NC(=O)[C@H]1CCC[C@H]1NS(=O)(=O)Cc1ccccc1F. The fraction of sp³-hybridized carbons (Fsp3) is 0.462. The Morgan fingerprint density at radius 2 is 2.05 bits per heavy atom. The average molecular weight is 300 g/mol. The van der Waals surface area contributed by atoms with Gasteiger partial charge in [-0.05, 0) is 18.9 Å². The largest absolute Gasteiger partial charge is 0.369 e. The van der Waals surface area contributed by atoms with Gasteiger partial charge in [0.2, 0.25) is 15.9 Å². The van der Waals surface area contributed by atoms with Crippen molar-refractivity contribution in [1.82, 2.24) is 4.72 Å². The van der Waals surface area contributed by atoms with Gasteiger partial charge in [0.1, 0.15) is 5.82 Å². The van der Waals surface area contributed by atoms with Gasteiger partial charge in [0, 0.05) is 11.6 Å². The Balaban J connectivity index is 2.08. The van der Waals surface area contributed by atoms with Crippen LogP contribution in [0.5, 0.6) is 0 Å². The van der Waals surface area contributed by atoms with Gasteiger partial charge >= 0.3 is 0 Å². The summed E-state index contributed by atoms with van der Waals surface area (Å²) in [5.41, 5.74) is 5.36. The van der Waals surface area contributed by atoms with Crippen LogP contribution in [-0.4, -0.2) is 20.4 Å². The maximum absolute atomic E-state index is 13.5. The van der Waals surface area contributed by atoms with E-state index in [0.29, 0.717) is 12.8 Å². The van der Waals surface area contributed by atoms with Crippen molar-refractivity contribution in [3.63, 3.8) is 0 Å². The van der Waals surface area contributed by atoms with Crippen molar-refractivity contribution in [2.45, 2.75) is 31.1 Å². The zero-order valence-corrected chi connectivity index (χ0v) is 11.7. The number of hydrogen-bond acceptors (Lipinski definition) is 3. The molecule has 1 saturated carbocycles. The lowest BCUT2D eigenvalue weighted by molar-refractivity contribution is -0.122. The molecule has 1 aliphatic carbocycles. The van der Waals surface area contributed by atoms with Crippen molar-refractivity contribution in [3.8, 4) is 0 Å². The molecule has 110 valence electrons. The van der Waals surface area contributed by atoms with E-state index < -0.39 is 39.5 Å². The molecule has 0 aliphatic heterocycles. The maximum Gasteiger partial charge on any atom is 0.222 e. The van der Waals surface area contributed by atoms with Crippen molar-refractivity contribution in [2.24, 2.45) is 11.7 Å². The highest BCUT2D eigenvalue weighted by atomic mass is 32.2. The summed E-state index contributed by atoms with van der Waals surface area (Å²) in [6, 6.07) is 5.24. The molecule has 1 amide bonds. The predicted octanol–water partition coefficient (Wildman–Crippen LogP) is 0.899. The lowest BCUT2D eigenvalue weighted by atomic mass is 10.0. The first kappa shape index (κ1) is 14.9. The topological polar surface area (TPSA) is 89.3 Å². The summed E-state index contributed by atoms with van der Waals surface area (Å²) in [6.45, 7) is 0. The van der Waals surface area contributed by atoms with E-state index in [0.717, 1.165) is 6.42 Å². The van der Waals surface area contributed by atoms with E-state index in [9.17, 15) is 17.6 Å². The highest BCUT2D eigenvalue weighted by Crippen LogP contribution is 2.26. The van der Waals surface area contributed by atoms with Crippen molar-refractivity contribution < 1.29 is 17.6 Å². The molecule has 2 atom stereocenters. The van der Waals surface area contributed by atoms with Crippen molar-refractivity contribution >= 4 is 15.9 Å². The monoisotopic (exact) mass is 300 g/mol. The number of nitrogens with one attached hydrogen (secondary N) is 1. The minimum absolute atomic E-state index is 0.105. The Morgan fingerprint density at radius 1 is 1.35 bits per heavy atom. The Bertz CT molecular complexity index is 603. The van der Waals surface area contributed by atoms with Crippen LogP contribution in [0.4, 0.5) is 4.39 Å². The van der Waals surface area contributed by atoms with Crippen LogP contribution >= 0.6 is 0 Å². The second kappa shape index (κ2) is 5.88. The standard InChI is InChI=1S/C13H17FN2O3S/c14-11-6-2-1-4-9(11)8-20(18,19)16-12-7-3-5-10(12)13(15)17/h1-2,4,6,10,12,16H,3,5,7-8H2,(H2,15,17)/t10-,12+/m0/s1. The van der Waals surface area contributed by atoms with Crippen LogP contribution in [0.3, 0.4) is 0 Å². The summed E-state index contributed by atoms with van der Waals surface area (Å²) in [5, 5.41) is 0. The molecule has 0 unspecified atom stereocenters. The number of benzene rings is 1. The number of sulfonamides is 1. The van der Waals surface area contributed by atoms with Crippen LogP contribution in [0.2, 0.25) is 0 Å². The Morgan fingerprint density at radius 3 is 2.70 bits per heavy atom. The average Bonchev–Trinajstić information content (AvgIpc) is 2.79. The maximum atomic E-state index is 13.5. The van der Waals surface area contributed by atoms with Crippen molar-refractivity contribution in [1.29, 1.82) is 0 Å². The lowest BCUT2D eigenvalue weighted by Crippen LogP contribution is -2.42. The van der Waals surface area contributed by atoms with E-state index in [-0.39, 0.29) is 5.56 Å².